The number of rotatable bonds is 7. The molecule has 5 rings (SSSR count). The Labute approximate surface area is 199 Å². The monoisotopic (exact) mass is 454 g/mol. The molecule has 0 spiro atoms. The molecule has 2 saturated heterocycles. The molecule has 1 aromatic carbocycles. The fraction of sp³-hybridized carbons (Fsp3) is 0.750. The Balaban J connectivity index is 0.980. The van der Waals surface area contributed by atoms with E-state index in [1.54, 1.807) is 5.56 Å². The summed E-state index contributed by atoms with van der Waals surface area (Å²) in [5.74, 6) is 2.86. The summed E-state index contributed by atoms with van der Waals surface area (Å²) in [6.45, 7) is 5.37. The number of piperidine rings is 1. The average Bonchev–Trinajstić information content (AvgIpc) is 3.34. The minimum Gasteiger partial charge on any atom is -0.493 e. The molecule has 5 heteroatoms. The summed E-state index contributed by atoms with van der Waals surface area (Å²) in [6.07, 6.45) is 13.8. The second-order valence-corrected chi connectivity index (χ2v) is 10.8. The Bertz CT molecular complexity index is 775. The molecular weight excluding hydrogens is 412 g/mol. The van der Waals surface area contributed by atoms with E-state index in [1.807, 2.05) is 0 Å². The van der Waals surface area contributed by atoms with Crippen molar-refractivity contribution in [2.45, 2.75) is 95.1 Å². The second-order valence-electron chi connectivity index (χ2n) is 10.8. The number of benzene rings is 1. The smallest absolute Gasteiger partial charge is 0.222 e. The van der Waals surface area contributed by atoms with Crippen LogP contribution in [0.3, 0.4) is 0 Å². The zero-order valence-electron chi connectivity index (χ0n) is 20.2. The van der Waals surface area contributed by atoms with Crippen LogP contribution >= 0.6 is 0 Å². The predicted octanol–water partition coefficient (Wildman–Crippen LogP) is 4.83. The lowest BCUT2D eigenvalue weighted by atomic mass is 9.83. The number of likely N-dealkylation sites (tertiary alicyclic amines) is 1. The summed E-state index contributed by atoms with van der Waals surface area (Å²) < 4.78 is 11.5. The molecule has 3 heterocycles. The van der Waals surface area contributed by atoms with E-state index in [4.69, 9.17) is 9.47 Å². The molecule has 1 aliphatic carbocycles. The molecule has 0 radical (unpaired) electrons. The minimum atomic E-state index is 0.148. The summed E-state index contributed by atoms with van der Waals surface area (Å²) >= 11 is 0. The van der Waals surface area contributed by atoms with Crippen molar-refractivity contribution in [1.29, 1.82) is 0 Å². The molecule has 1 N–H and O–H groups in total. The van der Waals surface area contributed by atoms with Crippen LogP contribution < -0.4 is 10.1 Å². The highest BCUT2D eigenvalue weighted by Gasteiger charge is 2.27. The Morgan fingerprint density at radius 1 is 1.00 bits per heavy atom. The zero-order valence-corrected chi connectivity index (χ0v) is 20.2. The molecule has 4 aliphatic rings. The van der Waals surface area contributed by atoms with Gasteiger partial charge in [0.2, 0.25) is 5.91 Å². The summed E-state index contributed by atoms with van der Waals surface area (Å²) in [5.41, 5.74) is 3.03. The third kappa shape index (κ3) is 6.10. The van der Waals surface area contributed by atoms with Gasteiger partial charge in [0.1, 0.15) is 5.75 Å². The third-order valence-corrected chi connectivity index (χ3v) is 8.56. The van der Waals surface area contributed by atoms with Crippen LogP contribution in [-0.2, 0) is 16.0 Å². The fourth-order valence-corrected chi connectivity index (χ4v) is 6.52. The molecule has 1 saturated carbocycles. The van der Waals surface area contributed by atoms with Crippen molar-refractivity contribution >= 4 is 5.91 Å². The Hall–Kier alpha value is -1.59. The molecule has 33 heavy (non-hydrogen) atoms. The maximum absolute atomic E-state index is 12.4. The molecule has 182 valence electrons. The number of carbonyl (C=O) groups excluding carboxylic acids is 1. The van der Waals surface area contributed by atoms with Gasteiger partial charge in [0, 0.05) is 24.6 Å². The lowest BCUT2D eigenvalue weighted by molar-refractivity contribution is -0.125. The van der Waals surface area contributed by atoms with Gasteiger partial charge in [-0.2, -0.15) is 0 Å². The maximum atomic E-state index is 12.4. The topological polar surface area (TPSA) is 50.8 Å². The van der Waals surface area contributed by atoms with Crippen molar-refractivity contribution in [3.63, 3.8) is 0 Å². The van der Waals surface area contributed by atoms with Crippen LogP contribution in [0.25, 0.3) is 0 Å². The van der Waals surface area contributed by atoms with Crippen LogP contribution in [0.15, 0.2) is 18.2 Å². The van der Waals surface area contributed by atoms with Crippen molar-refractivity contribution in [2.75, 3.05) is 32.8 Å². The molecule has 1 aromatic rings. The summed E-state index contributed by atoms with van der Waals surface area (Å²) in [4.78, 5) is 15.1. The van der Waals surface area contributed by atoms with Crippen LogP contribution in [0.5, 0.6) is 5.75 Å². The fourth-order valence-electron chi connectivity index (χ4n) is 6.52. The quantitative estimate of drug-likeness (QED) is 0.641. The molecule has 0 bridgehead atoms. The number of hydrogen-bond donors (Lipinski definition) is 1. The Morgan fingerprint density at radius 2 is 1.85 bits per heavy atom. The van der Waals surface area contributed by atoms with Crippen molar-refractivity contribution in [1.82, 2.24) is 10.2 Å². The second kappa shape index (κ2) is 11.2. The van der Waals surface area contributed by atoms with Gasteiger partial charge < -0.3 is 19.7 Å². The van der Waals surface area contributed by atoms with Crippen molar-refractivity contribution in [3.8, 4) is 5.75 Å². The van der Waals surface area contributed by atoms with Gasteiger partial charge in [-0.3, -0.25) is 4.79 Å². The van der Waals surface area contributed by atoms with Gasteiger partial charge in [0.15, 0.2) is 0 Å². The van der Waals surface area contributed by atoms with Crippen LogP contribution in [0, 0.1) is 5.92 Å². The number of carbonyl (C=O) groups is 1. The van der Waals surface area contributed by atoms with Gasteiger partial charge in [-0.25, -0.2) is 0 Å². The van der Waals surface area contributed by atoms with E-state index in [1.165, 1.54) is 63.7 Å². The molecule has 3 aliphatic heterocycles. The largest absolute Gasteiger partial charge is 0.493 e. The minimum absolute atomic E-state index is 0.148. The summed E-state index contributed by atoms with van der Waals surface area (Å²) in [5, 5.41) is 3.29. The molecule has 1 amide bonds. The first-order valence-corrected chi connectivity index (χ1v) is 13.6. The number of hydrogen-bond acceptors (Lipinski definition) is 4. The lowest BCUT2D eigenvalue weighted by Gasteiger charge is -2.35. The summed E-state index contributed by atoms with van der Waals surface area (Å²) in [7, 11) is 0. The number of amides is 1. The molecule has 1 unspecified atom stereocenters. The molecular formula is C28H42N2O3. The predicted molar refractivity (Wildman–Crippen MR) is 131 cm³/mol. The number of nitrogens with one attached hydrogen (secondary N) is 1. The van der Waals surface area contributed by atoms with E-state index in [-0.39, 0.29) is 12.0 Å². The molecule has 3 fully saturated rings. The molecule has 1 atom stereocenters. The van der Waals surface area contributed by atoms with E-state index in [9.17, 15) is 4.79 Å². The van der Waals surface area contributed by atoms with Crippen molar-refractivity contribution in [3.05, 3.63) is 29.3 Å². The maximum Gasteiger partial charge on any atom is 0.222 e. The van der Waals surface area contributed by atoms with E-state index >= 15 is 0 Å². The van der Waals surface area contributed by atoms with Crippen LogP contribution in [0.1, 0.15) is 87.7 Å². The lowest BCUT2D eigenvalue weighted by Crippen LogP contribution is -2.40. The summed E-state index contributed by atoms with van der Waals surface area (Å²) in [6, 6.07) is 7.03. The van der Waals surface area contributed by atoms with E-state index in [0.29, 0.717) is 18.4 Å². The molecule has 5 nitrogen and oxygen atoms in total. The first kappa shape index (κ1) is 23.2. The van der Waals surface area contributed by atoms with Gasteiger partial charge in [-0.15, -0.1) is 0 Å². The highest BCUT2D eigenvalue weighted by molar-refractivity contribution is 5.76. The highest BCUT2D eigenvalue weighted by Crippen LogP contribution is 2.37. The van der Waals surface area contributed by atoms with Gasteiger partial charge in [0.25, 0.3) is 0 Å². The van der Waals surface area contributed by atoms with Gasteiger partial charge >= 0.3 is 0 Å². The SMILES string of the molecule is O=C(CC1CCCCO1)NC1CCC(CCN2CCC(c3cccc4c3CCO4)CC2)CC1. The van der Waals surface area contributed by atoms with Crippen LogP contribution in [0.4, 0.5) is 0 Å². The number of fused-ring (bicyclic) bond motifs is 1. The number of nitrogens with zero attached hydrogens (tertiary/aromatic N) is 1. The van der Waals surface area contributed by atoms with Crippen molar-refractivity contribution < 1.29 is 14.3 Å². The zero-order chi connectivity index (χ0) is 22.5. The molecule has 0 aromatic heterocycles. The normalized spacial score (nSPS) is 28.8. The van der Waals surface area contributed by atoms with Gasteiger partial charge in [-0.1, -0.05) is 12.1 Å². The van der Waals surface area contributed by atoms with E-state index < -0.39 is 0 Å². The number of ether oxygens (including phenoxy) is 2. The van der Waals surface area contributed by atoms with Crippen LogP contribution in [0.2, 0.25) is 0 Å². The first-order valence-electron chi connectivity index (χ1n) is 13.6. The average molecular weight is 455 g/mol. The van der Waals surface area contributed by atoms with Gasteiger partial charge in [0.05, 0.1) is 19.1 Å². The van der Waals surface area contributed by atoms with E-state index in [0.717, 1.165) is 57.0 Å². The third-order valence-electron chi connectivity index (χ3n) is 8.56. The standard InChI is InChI=1S/C28H42N2O3/c31-28(20-24-4-1-2-18-32-24)29-23-9-7-21(8-10-23)11-15-30-16-12-22(13-17-30)25-5-3-6-27-26(25)14-19-33-27/h3,5-6,21-24H,1-2,4,7-20H2,(H,29,31). The van der Waals surface area contributed by atoms with Gasteiger partial charge in [-0.05, 0) is 107 Å². The van der Waals surface area contributed by atoms with Crippen LogP contribution in [-0.4, -0.2) is 55.8 Å². The Kier molecular flexibility index (Phi) is 7.88. The van der Waals surface area contributed by atoms with E-state index in [2.05, 4.69) is 28.4 Å². The Morgan fingerprint density at radius 3 is 2.64 bits per heavy atom. The first-order chi connectivity index (χ1) is 16.2. The van der Waals surface area contributed by atoms with Crippen molar-refractivity contribution in [2.24, 2.45) is 5.92 Å². The highest BCUT2D eigenvalue weighted by atomic mass is 16.5.